The fraction of sp³-hybridized carbons (Fsp3) is 1.00. The molecule has 1 atom stereocenters. The second-order valence-electron chi connectivity index (χ2n) is 2.39. The van der Waals surface area contributed by atoms with E-state index < -0.39 is 5.60 Å². The summed E-state index contributed by atoms with van der Waals surface area (Å²) in [6.07, 6.45) is 1.48. The van der Waals surface area contributed by atoms with Crippen molar-refractivity contribution >= 4 is 0 Å². The highest BCUT2D eigenvalue weighted by atomic mass is 16.3. The van der Waals surface area contributed by atoms with Crippen LogP contribution < -0.4 is 5.73 Å². The van der Waals surface area contributed by atoms with Crippen LogP contribution in [-0.4, -0.2) is 17.3 Å². The van der Waals surface area contributed by atoms with E-state index in [0.29, 0.717) is 13.0 Å². The molecule has 0 bridgehead atoms. The van der Waals surface area contributed by atoms with E-state index >= 15 is 0 Å². The Balaban J connectivity index is 3.37. The normalized spacial score (nSPS) is 18.0. The van der Waals surface area contributed by atoms with E-state index in [9.17, 15) is 5.11 Å². The molecule has 0 aliphatic rings. The predicted molar refractivity (Wildman–Crippen MR) is 34.6 cm³/mol. The van der Waals surface area contributed by atoms with Crippen molar-refractivity contribution < 1.29 is 5.11 Å². The highest BCUT2D eigenvalue weighted by Gasteiger charge is 2.14. The summed E-state index contributed by atoms with van der Waals surface area (Å²) in [5.41, 5.74) is 4.70. The summed E-state index contributed by atoms with van der Waals surface area (Å²) in [6.45, 7) is 4.33. The molecule has 50 valence electrons. The Kier molecular flexibility index (Phi) is 3.02. The minimum absolute atomic E-state index is 0.533. The third kappa shape index (κ3) is 2.99. The van der Waals surface area contributed by atoms with Crippen LogP contribution in [0.15, 0.2) is 0 Å². The van der Waals surface area contributed by atoms with E-state index in [1.165, 1.54) is 0 Å². The van der Waals surface area contributed by atoms with Gasteiger partial charge in [-0.25, -0.2) is 0 Å². The molecule has 2 heteroatoms. The number of hydrogen-bond donors (Lipinski definition) is 2. The monoisotopic (exact) mass is 117 g/mol. The maximum Gasteiger partial charge on any atom is 0.0629 e. The van der Waals surface area contributed by atoms with Crippen LogP contribution in [0.3, 0.4) is 0 Å². The van der Waals surface area contributed by atoms with Crippen molar-refractivity contribution in [3.8, 4) is 0 Å². The van der Waals surface area contributed by atoms with Gasteiger partial charge in [0.1, 0.15) is 0 Å². The molecule has 0 fully saturated rings. The molecule has 0 amide bonds. The molecule has 0 rings (SSSR count). The SMILES string of the molecule is CCC(C)(O)CCN. The lowest BCUT2D eigenvalue weighted by molar-refractivity contribution is 0.0496. The molecule has 0 aliphatic heterocycles. The molecule has 0 aliphatic carbocycles. The molecule has 3 N–H and O–H groups in total. The van der Waals surface area contributed by atoms with Crippen LogP contribution in [0.1, 0.15) is 26.7 Å². The summed E-state index contributed by atoms with van der Waals surface area (Å²) in [5, 5.41) is 9.24. The highest BCUT2D eigenvalue weighted by molar-refractivity contribution is 4.69. The van der Waals surface area contributed by atoms with Crippen molar-refractivity contribution in [1.82, 2.24) is 0 Å². The van der Waals surface area contributed by atoms with Crippen molar-refractivity contribution in [3.63, 3.8) is 0 Å². The molecule has 1 unspecified atom stereocenters. The summed E-state index contributed by atoms with van der Waals surface area (Å²) in [5.74, 6) is 0. The fourth-order valence-electron chi connectivity index (χ4n) is 0.488. The standard InChI is InChI=1S/C6H15NO/c1-3-6(2,8)4-5-7/h8H,3-5,7H2,1-2H3. The van der Waals surface area contributed by atoms with E-state index in [4.69, 9.17) is 5.73 Å². The van der Waals surface area contributed by atoms with Crippen LogP contribution in [0.25, 0.3) is 0 Å². The average molecular weight is 117 g/mol. The van der Waals surface area contributed by atoms with E-state index in [2.05, 4.69) is 0 Å². The van der Waals surface area contributed by atoms with Crippen LogP contribution >= 0.6 is 0 Å². The summed E-state index contributed by atoms with van der Waals surface area (Å²) in [4.78, 5) is 0. The zero-order chi connectivity index (χ0) is 6.62. The quantitative estimate of drug-likeness (QED) is 0.565. The smallest absolute Gasteiger partial charge is 0.0629 e. The van der Waals surface area contributed by atoms with E-state index in [0.717, 1.165) is 6.42 Å². The summed E-state index contributed by atoms with van der Waals surface area (Å²) in [6, 6.07) is 0. The van der Waals surface area contributed by atoms with Gasteiger partial charge in [0.15, 0.2) is 0 Å². The largest absolute Gasteiger partial charge is 0.390 e. The molecule has 0 aromatic heterocycles. The first-order valence-electron chi connectivity index (χ1n) is 3.05. The van der Waals surface area contributed by atoms with Gasteiger partial charge in [0, 0.05) is 0 Å². The van der Waals surface area contributed by atoms with Gasteiger partial charge in [-0.1, -0.05) is 6.92 Å². The Morgan fingerprint density at radius 3 is 2.25 bits per heavy atom. The van der Waals surface area contributed by atoms with Crippen molar-refractivity contribution in [2.45, 2.75) is 32.3 Å². The zero-order valence-corrected chi connectivity index (χ0v) is 5.65. The molecule has 0 radical (unpaired) electrons. The summed E-state index contributed by atoms with van der Waals surface area (Å²) < 4.78 is 0. The van der Waals surface area contributed by atoms with E-state index in [-0.39, 0.29) is 0 Å². The molecule has 0 spiro atoms. The van der Waals surface area contributed by atoms with Crippen LogP contribution in [0, 0.1) is 0 Å². The van der Waals surface area contributed by atoms with E-state index in [1.54, 1.807) is 6.92 Å². The molecule has 0 aromatic rings. The number of hydrogen-bond acceptors (Lipinski definition) is 2. The first-order chi connectivity index (χ1) is 3.62. The molecule has 0 saturated heterocycles. The number of aliphatic hydroxyl groups is 1. The Morgan fingerprint density at radius 2 is 2.12 bits per heavy atom. The minimum Gasteiger partial charge on any atom is -0.390 e. The summed E-state index contributed by atoms with van der Waals surface area (Å²) in [7, 11) is 0. The third-order valence-electron chi connectivity index (χ3n) is 1.44. The topological polar surface area (TPSA) is 46.2 Å². The van der Waals surface area contributed by atoms with Gasteiger partial charge in [0.25, 0.3) is 0 Å². The van der Waals surface area contributed by atoms with Gasteiger partial charge in [-0.3, -0.25) is 0 Å². The lowest BCUT2D eigenvalue weighted by Gasteiger charge is -2.19. The Morgan fingerprint density at radius 1 is 1.62 bits per heavy atom. The minimum atomic E-state index is -0.533. The maximum atomic E-state index is 9.24. The Labute approximate surface area is 50.7 Å². The predicted octanol–water partition coefficient (Wildman–Crippen LogP) is 0.496. The van der Waals surface area contributed by atoms with Gasteiger partial charge in [-0.05, 0) is 26.3 Å². The van der Waals surface area contributed by atoms with Gasteiger partial charge >= 0.3 is 0 Å². The molecule has 0 heterocycles. The molecule has 8 heavy (non-hydrogen) atoms. The molecular formula is C6H15NO. The molecule has 2 nitrogen and oxygen atoms in total. The van der Waals surface area contributed by atoms with Crippen molar-refractivity contribution in [2.75, 3.05) is 6.54 Å². The van der Waals surface area contributed by atoms with Crippen LogP contribution in [0.2, 0.25) is 0 Å². The van der Waals surface area contributed by atoms with Gasteiger partial charge in [-0.2, -0.15) is 0 Å². The van der Waals surface area contributed by atoms with E-state index in [1.807, 2.05) is 6.92 Å². The molecule has 0 aromatic carbocycles. The lowest BCUT2D eigenvalue weighted by atomic mass is 10.00. The van der Waals surface area contributed by atoms with Crippen molar-refractivity contribution in [1.29, 1.82) is 0 Å². The summed E-state index contributed by atoms with van der Waals surface area (Å²) >= 11 is 0. The van der Waals surface area contributed by atoms with Gasteiger partial charge in [-0.15, -0.1) is 0 Å². The second kappa shape index (κ2) is 3.05. The molecular weight excluding hydrogens is 102 g/mol. The number of rotatable bonds is 3. The average Bonchev–Trinajstić information content (AvgIpc) is 1.67. The fourth-order valence-corrected chi connectivity index (χ4v) is 0.488. The highest BCUT2D eigenvalue weighted by Crippen LogP contribution is 2.11. The zero-order valence-electron chi connectivity index (χ0n) is 5.65. The van der Waals surface area contributed by atoms with Crippen LogP contribution in [0.5, 0.6) is 0 Å². The maximum absolute atomic E-state index is 9.24. The van der Waals surface area contributed by atoms with Crippen LogP contribution in [0.4, 0.5) is 0 Å². The van der Waals surface area contributed by atoms with Gasteiger partial charge < -0.3 is 10.8 Å². The third-order valence-corrected chi connectivity index (χ3v) is 1.44. The second-order valence-corrected chi connectivity index (χ2v) is 2.39. The van der Waals surface area contributed by atoms with Crippen molar-refractivity contribution in [2.24, 2.45) is 5.73 Å². The Bertz CT molecular complexity index is 61.5. The van der Waals surface area contributed by atoms with Gasteiger partial charge in [0.2, 0.25) is 0 Å². The number of nitrogens with two attached hydrogens (primary N) is 1. The lowest BCUT2D eigenvalue weighted by Crippen LogP contribution is -2.26. The molecule has 0 saturated carbocycles. The first-order valence-corrected chi connectivity index (χ1v) is 3.05. The first kappa shape index (κ1) is 7.92. The van der Waals surface area contributed by atoms with Crippen LogP contribution in [-0.2, 0) is 0 Å². The Hall–Kier alpha value is -0.0800. The van der Waals surface area contributed by atoms with Gasteiger partial charge in [0.05, 0.1) is 5.60 Å². The van der Waals surface area contributed by atoms with Crippen molar-refractivity contribution in [3.05, 3.63) is 0 Å².